The van der Waals surface area contributed by atoms with Crippen LogP contribution in [0, 0.1) is 0 Å². The number of benzene rings is 2. The van der Waals surface area contributed by atoms with E-state index in [0.29, 0.717) is 0 Å². The zero-order valence-corrected chi connectivity index (χ0v) is 9.75. The molecule has 2 rings (SSSR count). The molecule has 0 heterocycles. The van der Waals surface area contributed by atoms with E-state index in [1.165, 1.54) is 15.7 Å². The fourth-order valence-corrected chi connectivity index (χ4v) is 2.30. The highest BCUT2D eigenvalue weighted by molar-refractivity contribution is 7.99. The minimum atomic E-state index is 0.200. The van der Waals surface area contributed by atoms with E-state index in [1.54, 1.807) is 18.9 Å². The van der Waals surface area contributed by atoms with Gasteiger partial charge < -0.3 is 4.74 Å². The Kier molecular flexibility index (Phi) is 3.29. The van der Waals surface area contributed by atoms with Crippen LogP contribution in [0.25, 0.3) is 10.8 Å². The second-order valence-electron chi connectivity index (χ2n) is 3.43. The number of hydrogen-bond acceptors (Lipinski definition) is 2. The van der Waals surface area contributed by atoms with E-state index in [9.17, 15) is 0 Å². The molecule has 78 valence electrons. The number of hydrogen-bond donors (Lipinski definition) is 0. The summed E-state index contributed by atoms with van der Waals surface area (Å²) in [5, 5.41) is 2.57. The first-order valence-electron chi connectivity index (χ1n) is 4.98. The third-order valence-electron chi connectivity index (χ3n) is 2.35. The highest BCUT2D eigenvalue weighted by Gasteiger charge is 2.02. The highest BCUT2D eigenvalue weighted by Crippen LogP contribution is 2.26. The van der Waals surface area contributed by atoms with Crippen molar-refractivity contribution in [2.75, 3.05) is 7.11 Å². The van der Waals surface area contributed by atoms with Gasteiger partial charge in [-0.25, -0.2) is 0 Å². The van der Waals surface area contributed by atoms with Crippen LogP contribution in [0.5, 0.6) is 0 Å². The van der Waals surface area contributed by atoms with Gasteiger partial charge in [0.2, 0.25) is 0 Å². The Bertz CT molecular complexity index is 453. The number of methoxy groups -OCH3 is 1. The van der Waals surface area contributed by atoms with Crippen molar-refractivity contribution in [3.63, 3.8) is 0 Å². The summed E-state index contributed by atoms with van der Waals surface area (Å²) < 4.78 is 5.23. The molecule has 15 heavy (non-hydrogen) atoms. The summed E-state index contributed by atoms with van der Waals surface area (Å²) in [6.07, 6.45) is 0. The lowest BCUT2D eigenvalue weighted by molar-refractivity contribution is 0.188. The standard InChI is InChI=1S/C13H14OS/c1-10(14-2)15-13-8-7-11-5-3-4-6-12(11)9-13/h3-10H,1-2H3. The molecule has 0 spiro atoms. The lowest BCUT2D eigenvalue weighted by atomic mass is 10.1. The molecule has 1 atom stereocenters. The van der Waals surface area contributed by atoms with Crippen molar-refractivity contribution in [1.82, 2.24) is 0 Å². The Morgan fingerprint density at radius 3 is 2.53 bits per heavy atom. The first kappa shape index (κ1) is 10.5. The van der Waals surface area contributed by atoms with Gasteiger partial charge >= 0.3 is 0 Å². The Morgan fingerprint density at radius 1 is 1.07 bits per heavy atom. The van der Waals surface area contributed by atoms with Gasteiger partial charge in [-0.1, -0.05) is 42.1 Å². The maximum absolute atomic E-state index is 5.23. The SMILES string of the molecule is COC(C)Sc1ccc2ccccc2c1. The molecule has 1 unspecified atom stereocenters. The van der Waals surface area contributed by atoms with E-state index in [2.05, 4.69) is 49.4 Å². The summed E-state index contributed by atoms with van der Waals surface area (Å²) in [7, 11) is 1.73. The fraction of sp³-hybridized carbons (Fsp3) is 0.231. The third kappa shape index (κ3) is 2.52. The maximum atomic E-state index is 5.23. The van der Waals surface area contributed by atoms with Gasteiger partial charge in [0, 0.05) is 12.0 Å². The summed E-state index contributed by atoms with van der Waals surface area (Å²) in [5.41, 5.74) is 0.200. The highest BCUT2D eigenvalue weighted by atomic mass is 32.2. The number of thioether (sulfide) groups is 1. The molecule has 0 aromatic heterocycles. The zero-order valence-electron chi connectivity index (χ0n) is 8.94. The minimum absolute atomic E-state index is 0.200. The van der Waals surface area contributed by atoms with Gasteiger partial charge in [0.1, 0.15) is 5.44 Å². The molecule has 0 N–H and O–H groups in total. The van der Waals surface area contributed by atoms with Gasteiger partial charge in [0.15, 0.2) is 0 Å². The Balaban J connectivity index is 2.30. The van der Waals surface area contributed by atoms with Crippen molar-refractivity contribution < 1.29 is 4.74 Å². The lowest BCUT2D eigenvalue weighted by Crippen LogP contribution is -1.97. The van der Waals surface area contributed by atoms with Gasteiger partial charge in [-0.2, -0.15) is 0 Å². The topological polar surface area (TPSA) is 9.23 Å². The number of rotatable bonds is 3. The van der Waals surface area contributed by atoms with Crippen LogP contribution in [0.3, 0.4) is 0 Å². The van der Waals surface area contributed by atoms with E-state index in [1.807, 2.05) is 0 Å². The Labute approximate surface area is 94.4 Å². The largest absolute Gasteiger partial charge is 0.371 e. The molecule has 1 nitrogen and oxygen atoms in total. The summed E-state index contributed by atoms with van der Waals surface area (Å²) in [5.74, 6) is 0. The van der Waals surface area contributed by atoms with Crippen molar-refractivity contribution in [2.45, 2.75) is 17.3 Å². The monoisotopic (exact) mass is 218 g/mol. The molecular formula is C13H14OS. The summed E-state index contributed by atoms with van der Waals surface area (Å²) >= 11 is 1.74. The van der Waals surface area contributed by atoms with Crippen molar-refractivity contribution in [1.29, 1.82) is 0 Å². The van der Waals surface area contributed by atoms with Gasteiger partial charge in [-0.05, 0) is 29.8 Å². The van der Waals surface area contributed by atoms with Crippen LogP contribution in [0.2, 0.25) is 0 Å². The molecule has 0 amide bonds. The number of ether oxygens (including phenoxy) is 1. The normalized spacial score (nSPS) is 12.9. The molecule has 2 aromatic rings. The smallest absolute Gasteiger partial charge is 0.104 e. The summed E-state index contributed by atoms with van der Waals surface area (Å²) in [6, 6.07) is 14.9. The second kappa shape index (κ2) is 4.69. The average Bonchev–Trinajstić information content (AvgIpc) is 2.29. The summed E-state index contributed by atoms with van der Waals surface area (Å²) in [6.45, 7) is 2.06. The van der Waals surface area contributed by atoms with Crippen molar-refractivity contribution in [3.05, 3.63) is 42.5 Å². The maximum Gasteiger partial charge on any atom is 0.104 e. The van der Waals surface area contributed by atoms with Crippen molar-refractivity contribution in [2.24, 2.45) is 0 Å². The predicted octanol–water partition coefficient (Wildman–Crippen LogP) is 3.92. The van der Waals surface area contributed by atoms with Gasteiger partial charge in [0.05, 0.1) is 0 Å². The Morgan fingerprint density at radius 2 is 1.80 bits per heavy atom. The van der Waals surface area contributed by atoms with E-state index in [4.69, 9.17) is 4.74 Å². The zero-order chi connectivity index (χ0) is 10.7. The second-order valence-corrected chi connectivity index (χ2v) is 4.80. The average molecular weight is 218 g/mol. The number of fused-ring (bicyclic) bond motifs is 1. The molecule has 0 fully saturated rings. The fourth-order valence-electron chi connectivity index (χ4n) is 1.48. The van der Waals surface area contributed by atoms with Crippen LogP contribution in [-0.2, 0) is 4.74 Å². The van der Waals surface area contributed by atoms with E-state index >= 15 is 0 Å². The van der Waals surface area contributed by atoms with Gasteiger partial charge in [-0.15, -0.1) is 0 Å². The third-order valence-corrected chi connectivity index (χ3v) is 3.41. The Hall–Kier alpha value is -0.990. The van der Waals surface area contributed by atoms with Crippen LogP contribution >= 0.6 is 11.8 Å². The predicted molar refractivity (Wildman–Crippen MR) is 66.3 cm³/mol. The lowest BCUT2D eigenvalue weighted by Gasteiger charge is -2.09. The molecule has 2 heteroatoms. The van der Waals surface area contributed by atoms with Gasteiger partial charge in [-0.3, -0.25) is 0 Å². The quantitative estimate of drug-likeness (QED) is 0.570. The molecule has 0 saturated heterocycles. The first-order valence-corrected chi connectivity index (χ1v) is 5.86. The molecule has 0 radical (unpaired) electrons. The summed E-state index contributed by atoms with van der Waals surface area (Å²) in [4.78, 5) is 1.25. The molecule has 0 aliphatic rings. The molecule has 0 bridgehead atoms. The van der Waals surface area contributed by atoms with Crippen LogP contribution in [0.4, 0.5) is 0 Å². The van der Waals surface area contributed by atoms with Crippen LogP contribution in [0.1, 0.15) is 6.92 Å². The molecular weight excluding hydrogens is 204 g/mol. The molecule has 0 aliphatic carbocycles. The van der Waals surface area contributed by atoms with Crippen molar-refractivity contribution in [3.8, 4) is 0 Å². The van der Waals surface area contributed by atoms with E-state index in [-0.39, 0.29) is 5.44 Å². The van der Waals surface area contributed by atoms with Crippen LogP contribution in [-0.4, -0.2) is 12.5 Å². The van der Waals surface area contributed by atoms with E-state index < -0.39 is 0 Å². The molecule has 0 aliphatic heterocycles. The van der Waals surface area contributed by atoms with Gasteiger partial charge in [0.25, 0.3) is 0 Å². The molecule has 0 saturated carbocycles. The van der Waals surface area contributed by atoms with Crippen LogP contribution in [0.15, 0.2) is 47.4 Å². The first-order chi connectivity index (χ1) is 7.29. The van der Waals surface area contributed by atoms with Crippen LogP contribution < -0.4 is 0 Å². The van der Waals surface area contributed by atoms with Crippen molar-refractivity contribution >= 4 is 22.5 Å². The molecule has 2 aromatic carbocycles. The van der Waals surface area contributed by atoms with E-state index in [0.717, 1.165) is 0 Å². The minimum Gasteiger partial charge on any atom is -0.371 e.